The van der Waals surface area contributed by atoms with Gasteiger partial charge in [0.15, 0.2) is 0 Å². The van der Waals surface area contributed by atoms with Crippen LogP contribution in [0.15, 0.2) is 48.5 Å². The minimum absolute atomic E-state index is 0.0763. The normalized spacial score (nSPS) is 16.5. The highest BCUT2D eigenvalue weighted by Gasteiger charge is 2.28. The number of nitrogens with one attached hydrogen (secondary N) is 1. The molecule has 1 aliphatic rings. The number of piperidine rings is 1. The van der Waals surface area contributed by atoms with E-state index in [1.807, 2.05) is 0 Å². The van der Waals surface area contributed by atoms with Crippen LogP contribution in [0, 0.1) is 5.92 Å². The number of amides is 3. The molecule has 3 rings (SSSR count). The van der Waals surface area contributed by atoms with Gasteiger partial charge in [0, 0.05) is 35.8 Å². The Morgan fingerprint density at radius 1 is 1.04 bits per heavy atom. The SMILES string of the molecule is NC(=O)c1ccc(CNC(=O)[C@H]2CCCN(C(=O)c3ccc(Cl)cc3)C2)cc1. The van der Waals surface area contributed by atoms with Gasteiger partial charge in [-0.15, -0.1) is 0 Å². The Bertz CT molecular complexity index is 865. The fourth-order valence-corrected chi connectivity index (χ4v) is 3.40. The minimum atomic E-state index is -0.483. The minimum Gasteiger partial charge on any atom is -0.366 e. The van der Waals surface area contributed by atoms with Crippen LogP contribution in [-0.4, -0.2) is 35.7 Å². The molecule has 1 heterocycles. The van der Waals surface area contributed by atoms with Crippen molar-refractivity contribution >= 4 is 29.3 Å². The van der Waals surface area contributed by atoms with Crippen molar-refractivity contribution in [2.24, 2.45) is 11.7 Å². The summed E-state index contributed by atoms with van der Waals surface area (Å²) in [4.78, 5) is 38.0. The number of halogens is 1. The van der Waals surface area contributed by atoms with Crippen molar-refractivity contribution in [1.29, 1.82) is 0 Å². The number of primary amides is 1. The third-order valence-electron chi connectivity index (χ3n) is 4.88. The average molecular weight is 400 g/mol. The quantitative estimate of drug-likeness (QED) is 0.809. The molecule has 0 radical (unpaired) electrons. The molecule has 1 fully saturated rings. The maximum Gasteiger partial charge on any atom is 0.253 e. The van der Waals surface area contributed by atoms with Gasteiger partial charge in [-0.2, -0.15) is 0 Å². The van der Waals surface area contributed by atoms with Crippen LogP contribution in [0.25, 0.3) is 0 Å². The summed E-state index contributed by atoms with van der Waals surface area (Å²) in [6.45, 7) is 1.40. The van der Waals surface area contributed by atoms with Gasteiger partial charge in [-0.3, -0.25) is 14.4 Å². The van der Waals surface area contributed by atoms with Gasteiger partial charge in [-0.05, 0) is 54.8 Å². The fourth-order valence-electron chi connectivity index (χ4n) is 3.27. The van der Waals surface area contributed by atoms with Gasteiger partial charge in [0.05, 0.1) is 5.92 Å². The first kappa shape index (κ1) is 19.9. The molecule has 7 heteroatoms. The Hall–Kier alpha value is -2.86. The van der Waals surface area contributed by atoms with E-state index in [0.29, 0.717) is 35.8 Å². The lowest BCUT2D eigenvalue weighted by Gasteiger charge is -2.32. The highest BCUT2D eigenvalue weighted by atomic mass is 35.5. The Kier molecular flexibility index (Phi) is 6.31. The van der Waals surface area contributed by atoms with Gasteiger partial charge in [0.2, 0.25) is 11.8 Å². The van der Waals surface area contributed by atoms with Crippen molar-refractivity contribution < 1.29 is 14.4 Å². The lowest BCUT2D eigenvalue weighted by Crippen LogP contribution is -2.45. The molecule has 0 aromatic heterocycles. The van der Waals surface area contributed by atoms with Crippen LogP contribution in [0.4, 0.5) is 0 Å². The summed E-state index contributed by atoms with van der Waals surface area (Å²) in [5.41, 5.74) is 7.10. The molecule has 3 N–H and O–H groups in total. The molecule has 146 valence electrons. The third kappa shape index (κ3) is 4.89. The number of nitrogens with zero attached hydrogens (tertiary/aromatic N) is 1. The van der Waals surface area contributed by atoms with E-state index >= 15 is 0 Å². The molecule has 0 bridgehead atoms. The van der Waals surface area contributed by atoms with Gasteiger partial charge in [0.25, 0.3) is 5.91 Å². The van der Waals surface area contributed by atoms with E-state index < -0.39 is 5.91 Å². The Morgan fingerprint density at radius 3 is 2.32 bits per heavy atom. The van der Waals surface area contributed by atoms with Gasteiger partial charge in [-0.1, -0.05) is 23.7 Å². The second kappa shape index (κ2) is 8.89. The predicted molar refractivity (Wildman–Crippen MR) is 107 cm³/mol. The molecule has 1 aliphatic heterocycles. The molecule has 0 spiro atoms. The summed E-state index contributed by atoms with van der Waals surface area (Å²) in [6.07, 6.45) is 1.53. The van der Waals surface area contributed by atoms with Crippen LogP contribution in [0.2, 0.25) is 5.02 Å². The molecule has 28 heavy (non-hydrogen) atoms. The second-order valence-corrected chi connectivity index (χ2v) is 7.31. The first-order valence-electron chi connectivity index (χ1n) is 9.15. The highest BCUT2D eigenvalue weighted by molar-refractivity contribution is 6.30. The number of likely N-dealkylation sites (tertiary alicyclic amines) is 1. The Labute approximate surface area is 168 Å². The van der Waals surface area contributed by atoms with Crippen LogP contribution in [0.3, 0.4) is 0 Å². The molecular formula is C21H22ClN3O3. The molecule has 1 atom stereocenters. The first-order chi connectivity index (χ1) is 13.4. The molecule has 6 nitrogen and oxygen atoms in total. The predicted octanol–water partition coefficient (Wildman–Crippen LogP) is 2.61. The summed E-state index contributed by atoms with van der Waals surface area (Å²) >= 11 is 5.88. The van der Waals surface area contributed by atoms with Gasteiger partial charge in [-0.25, -0.2) is 0 Å². The van der Waals surface area contributed by atoms with Crippen molar-refractivity contribution in [2.75, 3.05) is 13.1 Å². The topological polar surface area (TPSA) is 92.5 Å². The van der Waals surface area contributed by atoms with E-state index in [-0.39, 0.29) is 17.7 Å². The maximum atomic E-state index is 12.7. The number of rotatable bonds is 5. The lowest BCUT2D eigenvalue weighted by atomic mass is 9.96. The number of hydrogen-bond acceptors (Lipinski definition) is 3. The molecule has 0 saturated carbocycles. The maximum absolute atomic E-state index is 12.7. The number of nitrogens with two attached hydrogens (primary N) is 1. The van der Waals surface area contributed by atoms with Crippen molar-refractivity contribution in [3.05, 3.63) is 70.2 Å². The lowest BCUT2D eigenvalue weighted by molar-refractivity contribution is -0.126. The van der Waals surface area contributed by atoms with E-state index in [4.69, 9.17) is 17.3 Å². The molecule has 0 aliphatic carbocycles. The molecule has 3 amide bonds. The van der Waals surface area contributed by atoms with E-state index in [9.17, 15) is 14.4 Å². The summed E-state index contributed by atoms with van der Waals surface area (Å²) in [6, 6.07) is 13.6. The summed E-state index contributed by atoms with van der Waals surface area (Å²) in [5, 5.41) is 3.49. The van der Waals surface area contributed by atoms with Gasteiger partial charge >= 0.3 is 0 Å². The molecule has 1 saturated heterocycles. The summed E-state index contributed by atoms with van der Waals surface area (Å²) in [5.74, 6) is -0.887. The standard InChI is InChI=1S/C21H22ClN3O3/c22-18-9-7-16(8-10-18)21(28)25-11-1-2-17(13-25)20(27)24-12-14-3-5-15(6-4-14)19(23)26/h3-10,17H,1-2,11-13H2,(H2,23,26)(H,24,27)/t17-/m0/s1. The number of benzene rings is 2. The molecule has 2 aromatic rings. The van der Waals surface area contributed by atoms with Gasteiger partial charge < -0.3 is 16.0 Å². The monoisotopic (exact) mass is 399 g/mol. The van der Waals surface area contributed by atoms with E-state index in [2.05, 4.69) is 5.32 Å². The van der Waals surface area contributed by atoms with Crippen molar-refractivity contribution in [2.45, 2.75) is 19.4 Å². The summed E-state index contributed by atoms with van der Waals surface area (Å²) < 4.78 is 0. The molecule has 0 unspecified atom stereocenters. The molecular weight excluding hydrogens is 378 g/mol. The Morgan fingerprint density at radius 2 is 1.68 bits per heavy atom. The fraction of sp³-hybridized carbons (Fsp3) is 0.286. The van der Waals surface area contributed by atoms with E-state index in [0.717, 1.165) is 18.4 Å². The summed E-state index contributed by atoms with van der Waals surface area (Å²) in [7, 11) is 0. The zero-order valence-electron chi connectivity index (χ0n) is 15.4. The number of hydrogen-bond donors (Lipinski definition) is 2. The van der Waals surface area contributed by atoms with Gasteiger partial charge in [0.1, 0.15) is 0 Å². The zero-order valence-corrected chi connectivity index (χ0v) is 16.1. The zero-order chi connectivity index (χ0) is 20.1. The smallest absolute Gasteiger partial charge is 0.253 e. The van der Waals surface area contributed by atoms with Crippen LogP contribution in [0.5, 0.6) is 0 Å². The van der Waals surface area contributed by atoms with E-state index in [1.54, 1.807) is 53.4 Å². The average Bonchev–Trinajstić information content (AvgIpc) is 2.72. The van der Waals surface area contributed by atoms with Crippen LogP contribution >= 0.6 is 11.6 Å². The number of carbonyl (C=O) groups excluding carboxylic acids is 3. The number of carbonyl (C=O) groups is 3. The largest absolute Gasteiger partial charge is 0.366 e. The van der Waals surface area contributed by atoms with E-state index in [1.165, 1.54) is 0 Å². The van der Waals surface area contributed by atoms with Crippen LogP contribution < -0.4 is 11.1 Å². The van der Waals surface area contributed by atoms with Crippen molar-refractivity contribution in [1.82, 2.24) is 10.2 Å². The Balaban J connectivity index is 1.55. The van der Waals surface area contributed by atoms with Crippen LogP contribution in [0.1, 0.15) is 39.1 Å². The van der Waals surface area contributed by atoms with Crippen molar-refractivity contribution in [3.63, 3.8) is 0 Å². The van der Waals surface area contributed by atoms with Crippen LogP contribution in [-0.2, 0) is 11.3 Å². The molecule has 2 aromatic carbocycles. The highest BCUT2D eigenvalue weighted by Crippen LogP contribution is 2.20. The third-order valence-corrected chi connectivity index (χ3v) is 5.13. The second-order valence-electron chi connectivity index (χ2n) is 6.88. The van der Waals surface area contributed by atoms with Crippen molar-refractivity contribution in [3.8, 4) is 0 Å². The first-order valence-corrected chi connectivity index (χ1v) is 9.53.